The van der Waals surface area contributed by atoms with Crippen LogP contribution in [0.25, 0.3) is 10.8 Å². The molecule has 0 fully saturated rings. The predicted molar refractivity (Wildman–Crippen MR) is 120 cm³/mol. The number of halogens is 4. The smallest absolute Gasteiger partial charge is 0.325 e. The SMILES string of the molecule is O=C(Cc1ccc(Cl)c(C(F)(F)F)c1)Nc1cccc2c(=O)n(Cc3ccccn3)ccc12. The Kier molecular flexibility index (Phi) is 6.20. The summed E-state index contributed by atoms with van der Waals surface area (Å²) >= 11 is 5.64. The van der Waals surface area contributed by atoms with Gasteiger partial charge in [-0.25, -0.2) is 0 Å². The molecule has 0 aliphatic heterocycles. The van der Waals surface area contributed by atoms with Gasteiger partial charge < -0.3 is 9.88 Å². The molecule has 1 N–H and O–H groups in total. The number of anilines is 1. The minimum absolute atomic E-state index is 0.169. The number of rotatable bonds is 5. The first-order valence-electron chi connectivity index (χ1n) is 9.90. The Labute approximate surface area is 191 Å². The van der Waals surface area contributed by atoms with E-state index in [9.17, 15) is 22.8 Å². The third kappa shape index (κ3) is 5.06. The van der Waals surface area contributed by atoms with E-state index in [-0.39, 0.29) is 17.5 Å². The van der Waals surface area contributed by atoms with E-state index >= 15 is 0 Å². The van der Waals surface area contributed by atoms with Crippen molar-refractivity contribution in [1.82, 2.24) is 9.55 Å². The Morgan fingerprint density at radius 3 is 2.58 bits per heavy atom. The quantitative estimate of drug-likeness (QED) is 0.429. The summed E-state index contributed by atoms with van der Waals surface area (Å²) in [6.07, 6.45) is -1.64. The standard InChI is InChI=1S/C24H17ClF3N3O2/c25-20-8-7-15(12-19(20)24(26,27)28)13-22(32)30-21-6-3-5-18-17(21)9-11-31(23(18)33)14-16-4-1-2-10-29-16/h1-12H,13-14H2,(H,30,32). The van der Waals surface area contributed by atoms with Gasteiger partial charge in [0.05, 0.1) is 29.2 Å². The summed E-state index contributed by atoms with van der Waals surface area (Å²) < 4.78 is 40.7. The minimum Gasteiger partial charge on any atom is -0.325 e. The van der Waals surface area contributed by atoms with Gasteiger partial charge in [0.2, 0.25) is 5.91 Å². The van der Waals surface area contributed by atoms with Crippen LogP contribution in [0.4, 0.5) is 18.9 Å². The lowest BCUT2D eigenvalue weighted by Gasteiger charge is -2.13. The van der Waals surface area contributed by atoms with Gasteiger partial charge in [-0.2, -0.15) is 13.2 Å². The summed E-state index contributed by atoms with van der Waals surface area (Å²) in [4.78, 5) is 29.7. The maximum atomic E-state index is 13.1. The zero-order valence-electron chi connectivity index (χ0n) is 17.1. The largest absolute Gasteiger partial charge is 0.417 e. The van der Waals surface area contributed by atoms with Crippen molar-refractivity contribution in [2.24, 2.45) is 0 Å². The Balaban J connectivity index is 1.57. The molecule has 2 heterocycles. The topological polar surface area (TPSA) is 64.0 Å². The molecule has 1 amide bonds. The molecule has 0 aliphatic rings. The van der Waals surface area contributed by atoms with E-state index in [0.29, 0.717) is 23.0 Å². The van der Waals surface area contributed by atoms with E-state index in [4.69, 9.17) is 11.6 Å². The minimum atomic E-state index is -4.62. The van der Waals surface area contributed by atoms with Gasteiger partial charge in [0.15, 0.2) is 0 Å². The van der Waals surface area contributed by atoms with Crippen molar-refractivity contribution < 1.29 is 18.0 Å². The maximum absolute atomic E-state index is 13.1. The number of aromatic nitrogens is 2. The fraction of sp³-hybridized carbons (Fsp3) is 0.125. The summed E-state index contributed by atoms with van der Waals surface area (Å²) in [5.41, 5.74) is 0.0474. The molecule has 0 saturated heterocycles. The van der Waals surface area contributed by atoms with Crippen LogP contribution in [0.15, 0.2) is 77.9 Å². The number of carbonyl (C=O) groups excluding carboxylic acids is 1. The number of carbonyl (C=O) groups is 1. The number of benzene rings is 2. The molecule has 4 aromatic rings. The fourth-order valence-electron chi connectivity index (χ4n) is 3.50. The summed E-state index contributed by atoms with van der Waals surface area (Å²) in [5.74, 6) is -0.518. The molecular formula is C24H17ClF3N3O2. The molecule has 33 heavy (non-hydrogen) atoms. The van der Waals surface area contributed by atoms with Crippen LogP contribution in [-0.4, -0.2) is 15.5 Å². The number of fused-ring (bicyclic) bond motifs is 1. The van der Waals surface area contributed by atoms with Gasteiger partial charge in [-0.1, -0.05) is 29.8 Å². The molecule has 4 rings (SSSR count). The molecule has 0 atom stereocenters. The van der Waals surface area contributed by atoms with Crippen molar-refractivity contribution in [3.8, 4) is 0 Å². The molecule has 0 bridgehead atoms. The van der Waals surface area contributed by atoms with Gasteiger partial charge in [0.25, 0.3) is 5.56 Å². The van der Waals surface area contributed by atoms with Crippen molar-refractivity contribution in [2.45, 2.75) is 19.1 Å². The second kappa shape index (κ2) is 9.07. The monoisotopic (exact) mass is 471 g/mol. The molecule has 0 aliphatic carbocycles. The normalized spacial score (nSPS) is 11.5. The van der Waals surface area contributed by atoms with E-state index in [2.05, 4.69) is 10.3 Å². The van der Waals surface area contributed by atoms with E-state index in [1.54, 1.807) is 42.7 Å². The molecule has 0 unspecified atom stereocenters. The molecule has 2 aromatic heterocycles. The highest BCUT2D eigenvalue weighted by Crippen LogP contribution is 2.35. The first-order valence-corrected chi connectivity index (χ1v) is 10.3. The number of amides is 1. The summed E-state index contributed by atoms with van der Waals surface area (Å²) in [5, 5.41) is 3.19. The van der Waals surface area contributed by atoms with Crippen molar-refractivity contribution in [2.75, 3.05) is 5.32 Å². The van der Waals surface area contributed by atoms with Crippen LogP contribution in [0.2, 0.25) is 5.02 Å². The van der Waals surface area contributed by atoms with E-state index < -0.39 is 22.7 Å². The lowest BCUT2D eigenvalue weighted by molar-refractivity contribution is -0.137. The van der Waals surface area contributed by atoms with Gasteiger partial charge in [0, 0.05) is 28.9 Å². The van der Waals surface area contributed by atoms with E-state index in [1.165, 1.54) is 10.6 Å². The zero-order chi connectivity index (χ0) is 23.6. The Morgan fingerprint density at radius 1 is 1.03 bits per heavy atom. The number of alkyl halides is 3. The summed E-state index contributed by atoms with van der Waals surface area (Å²) in [6.45, 7) is 0.296. The highest BCUT2D eigenvalue weighted by atomic mass is 35.5. The second-order valence-corrected chi connectivity index (χ2v) is 7.78. The van der Waals surface area contributed by atoms with Crippen LogP contribution >= 0.6 is 11.6 Å². The van der Waals surface area contributed by atoms with Crippen LogP contribution in [-0.2, 0) is 23.9 Å². The lowest BCUT2D eigenvalue weighted by atomic mass is 10.1. The van der Waals surface area contributed by atoms with E-state index in [0.717, 1.165) is 17.8 Å². The predicted octanol–water partition coefficient (Wildman–Crippen LogP) is 5.30. The number of nitrogens with one attached hydrogen (secondary N) is 1. The Bertz CT molecular complexity index is 1390. The first kappa shape index (κ1) is 22.5. The van der Waals surface area contributed by atoms with Crippen LogP contribution < -0.4 is 10.9 Å². The lowest BCUT2D eigenvalue weighted by Crippen LogP contribution is -2.21. The molecule has 2 aromatic carbocycles. The second-order valence-electron chi connectivity index (χ2n) is 7.37. The van der Waals surface area contributed by atoms with Gasteiger partial charge in [-0.15, -0.1) is 0 Å². The molecule has 5 nitrogen and oxygen atoms in total. The molecule has 0 spiro atoms. The third-order valence-electron chi connectivity index (χ3n) is 5.05. The van der Waals surface area contributed by atoms with Gasteiger partial charge in [-0.3, -0.25) is 14.6 Å². The van der Waals surface area contributed by atoms with Gasteiger partial charge in [0.1, 0.15) is 0 Å². The fourth-order valence-corrected chi connectivity index (χ4v) is 3.72. The van der Waals surface area contributed by atoms with Crippen LogP contribution in [0.3, 0.4) is 0 Å². The van der Waals surface area contributed by atoms with Crippen LogP contribution in [0, 0.1) is 0 Å². The molecule has 0 saturated carbocycles. The third-order valence-corrected chi connectivity index (χ3v) is 5.38. The Morgan fingerprint density at radius 2 is 1.85 bits per heavy atom. The Hall–Kier alpha value is -3.65. The number of hydrogen-bond donors (Lipinski definition) is 1. The van der Waals surface area contributed by atoms with Crippen molar-refractivity contribution >= 4 is 34.0 Å². The number of nitrogens with zero attached hydrogens (tertiary/aromatic N) is 2. The van der Waals surface area contributed by atoms with Crippen LogP contribution in [0.1, 0.15) is 16.8 Å². The number of hydrogen-bond acceptors (Lipinski definition) is 3. The van der Waals surface area contributed by atoms with Crippen LogP contribution in [0.5, 0.6) is 0 Å². The maximum Gasteiger partial charge on any atom is 0.417 e. The highest BCUT2D eigenvalue weighted by Gasteiger charge is 2.33. The summed E-state index contributed by atoms with van der Waals surface area (Å²) in [6, 6.07) is 15.4. The molecule has 0 radical (unpaired) electrons. The average molecular weight is 472 g/mol. The highest BCUT2D eigenvalue weighted by molar-refractivity contribution is 6.31. The van der Waals surface area contributed by atoms with E-state index in [1.807, 2.05) is 12.1 Å². The number of pyridine rings is 2. The molecule has 168 valence electrons. The van der Waals surface area contributed by atoms with Crippen molar-refractivity contribution in [3.63, 3.8) is 0 Å². The first-order chi connectivity index (χ1) is 15.7. The average Bonchev–Trinajstić information content (AvgIpc) is 2.77. The zero-order valence-corrected chi connectivity index (χ0v) is 17.8. The van der Waals surface area contributed by atoms with Gasteiger partial charge in [-0.05, 0) is 48.0 Å². The molecular weight excluding hydrogens is 455 g/mol. The summed E-state index contributed by atoms with van der Waals surface area (Å²) in [7, 11) is 0. The van der Waals surface area contributed by atoms with Crippen molar-refractivity contribution in [3.05, 3.63) is 105 Å². The molecule has 9 heteroatoms. The van der Waals surface area contributed by atoms with Gasteiger partial charge >= 0.3 is 6.18 Å². The van der Waals surface area contributed by atoms with Crippen molar-refractivity contribution in [1.29, 1.82) is 0 Å².